The molecule has 1 atom stereocenters. The van der Waals surface area contributed by atoms with Gasteiger partial charge in [0.05, 0.1) is 28.4 Å². The quantitative estimate of drug-likeness (QED) is 0.733. The molecule has 0 saturated carbocycles. The fourth-order valence-electron chi connectivity index (χ4n) is 3.43. The average molecular weight is 403 g/mol. The number of carbonyl (C=O) groups excluding carboxylic acids is 2. The summed E-state index contributed by atoms with van der Waals surface area (Å²) in [7, 11) is -4.39. The second kappa shape index (κ2) is 6.99. The third-order valence-corrected chi connectivity index (χ3v) is 5.86. The first-order chi connectivity index (χ1) is 13.1. The van der Waals surface area contributed by atoms with Gasteiger partial charge >= 0.3 is 0 Å². The predicted molar refractivity (Wildman–Crippen MR) is 102 cm³/mol. The van der Waals surface area contributed by atoms with Crippen LogP contribution < -0.4 is 5.73 Å². The van der Waals surface area contributed by atoms with Crippen molar-refractivity contribution in [3.63, 3.8) is 0 Å². The highest BCUT2D eigenvalue weighted by Crippen LogP contribution is 2.33. The molecular formula is C19H21N3O5S. The van der Waals surface area contributed by atoms with Crippen LogP contribution >= 0.6 is 0 Å². The van der Waals surface area contributed by atoms with E-state index in [0.29, 0.717) is 18.4 Å². The number of hydrogen-bond acceptors (Lipinski definition) is 6. The minimum atomic E-state index is -4.39. The van der Waals surface area contributed by atoms with Crippen LogP contribution in [0.15, 0.2) is 40.6 Å². The van der Waals surface area contributed by atoms with E-state index in [-0.39, 0.29) is 33.2 Å². The van der Waals surface area contributed by atoms with Gasteiger partial charge < -0.3 is 5.73 Å². The molecule has 0 spiro atoms. The predicted octanol–water partition coefficient (Wildman–Crippen LogP) is 2.44. The number of carbonyl (C=O) groups is 2. The summed E-state index contributed by atoms with van der Waals surface area (Å²) < 4.78 is 34.0. The van der Waals surface area contributed by atoms with Gasteiger partial charge in [0.15, 0.2) is 0 Å². The molecule has 1 heterocycles. The number of aryl methyl sites for hydroxylation is 1. The third kappa shape index (κ3) is 3.16. The maximum Gasteiger partial charge on any atom is 0.294 e. The Bertz CT molecular complexity index is 1130. The van der Waals surface area contributed by atoms with Gasteiger partial charge in [-0.2, -0.15) is 13.5 Å². The summed E-state index contributed by atoms with van der Waals surface area (Å²) in [5.74, 6) is -0.828. The van der Waals surface area contributed by atoms with Crippen molar-refractivity contribution in [1.29, 1.82) is 0 Å². The van der Waals surface area contributed by atoms with Gasteiger partial charge in [-0.25, -0.2) is 0 Å². The Hall–Kier alpha value is -2.78. The number of allylic oxidation sites excluding steroid dienone is 2. The van der Waals surface area contributed by atoms with E-state index < -0.39 is 21.9 Å². The van der Waals surface area contributed by atoms with Crippen LogP contribution in [0.1, 0.15) is 64.7 Å². The summed E-state index contributed by atoms with van der Waals surface area (Å²) in [6, 6.07) is 3.80. The van der Waals surface area contributed by atoms with Gasteiger partial charge in [-0.1, -0.05) is 19.4 Å². The molecule has 1 aliphatic carbocycles. The Balaban J connectivity index is 2.22. The number of Topliss-reactive ketones (excluding diaryl/α,β-unsaturated/α-hetero) is 2. The van der Waals surface area contributed by atoms with Crippen LogP contribution in [0, 0.1) is 6.92 Å². The van der Waals surface area contributed by atoms with Gasteiger partial charge in [0.25, 0.3) is 10.1 Å². The minimum absolute atomic E-state index is 0.0892. The van der Waals surface area contributed by atoms with E-state index in [0.717, 1.165) is 5.56 Å². The molecule has 3 rings (SSSR count). The molecule has 0 radical (unpaired) electrons. The molecule has 1 aromatic heterocycles. The van der Waals surface area contributed by atoms with Gasteiger partial charge in [0.1, 0.15) is 5.69 Å². The summed E-state index contributed by atoms with van der Waals surface area (Å²) in [4.78, 5) is 25.0. The normalized spacial score (nSPS) is 15.7. The topological polar surface area (TPSA) is 132 Å². The first-order valence-electron chi connectivity index (χ1n) is 8.79. The monoisotopic (exact) mass is 403 g/mol. The SMILES string of the molecule is CCCC(c1cc(S(=O)(=O)O)ccc1C)n1ncc2c1C(=O)C(C)=C(N)C2=O. The van der Waals surface area contributed by atoms with E-state index in [9.17, 15) is 22.6 Å². The van der Waals surface area contributed by atoms with E-state index in [1.807, 2.05) is 6.92 Å². The molecule has 148 valence electrons. The van der Waals surface area contributed by atoms with Gasteiger partial charge in [0.2, 0.25) is 11.6 Å². The lowest BCUT2D eigenvalue weighted by atomic mass is 9.92. The summed E-state index contributed by atoms with van der Waals surface area (Å²) in [5.41, 5.74) is 7.48. The second-order valence-electron chi connectivity index (χ2n) is 6.85. The van der Waals surface area contributed by atoms with Crippen LogP contribution in [0.2, 0.25) is 0 Å². The summed E-state index contributed by atoms with van der Waals surface area (Å²) in [6.45, 7) is 5.24. The molecule has 9 heteroatoms. The number of nitrogens with two attached hydrogens (primary N) is 1. The molecule has 0 saturated heterocycles. The smallest absolute Gasteiger partial charge is 0.294 e. The van der Waals surface area contributed by atoms with Gasteiger partial charge in [-0.15, -0.1) is 0 Å². The minimum Gasteiger partial charge on any atom is -0.395 e. The van der Waals surface area contributed by atoms with Crippen molar-refractivity contribution in [3.05, 3.63) is 58.1 Å². The largest absolute Gasteiger partial charge is 0.395 e. The lowest BCUT2D eigenvalue weighted by Crippen LogP contribution is -2.28. The van der Waals surface area contributed by atoms with Gasteiger partial charge in [-0.3, -0.25) is 18.8 Å². The fraction of sp³-hybridized carbons (Fsp3) is 0.316. The average Bonchev–Trinajstić information content (AvgIpc) is 3.07. The van der Waals surface area contributed by atoms with Crippen molar-refractivity contribution >= 4 is 21.7 Å². The molecule has 1 unspecified atom stereocenters. The molecule has 8 nitrogen and oxygen atoms in total. The Morgan fingerprint density at radius 3 is 2.50 bits per heavy atom. The number of hydrogen-bond donors (Lipinski definition) is 2. The van der Waals surface area contributed by atoms with Crippen LogP contribution in [0.25, 0.3) is 0 Å². The van der Waals surface area contributed by atoms with Crippen molar-refractivity contribution in [2.24, 2.45) is 5.73 Å². The number of aromatic nitrogens is 2. The van der Waals surface area contributed by atoms with Crippen LogP contribution in [-0.4, -0.2) is 34.3 Å². The zero-order chi connectivity index (χ0) is 20.8. The third-order valence-electron chi connectivity index (χ3n) is 5.01. The lowest BCUT2D eigenvalue weighted by Gasteiger charge is -2.23. The first kappa shape index (κ1) is 20.0. The zero-order valence-corrected chi connectivity index (χ0v) is 16.6. The molecule has 0 aliphatic heterocycles. The highest BCUT2D eigenvalue weighted by Gasteiger charge is 2.35. The van der Waals surface area contributed by atoms with Gasteiger partial charge in [-0.05, 0) is 43.5 Å². The number of ketones is 2. The van der Waals surface area contributed by atoms with Gasteiger partial charge in [0, 0.05) is 5.57 Å². The Morgan fingerprint density at radius 1 is 1.21 bits per heavy atom. The van der Waals surface area contributed by atoms with Crippen LogP contribution in [0.5, 0.6) is 0 Å². The van der Waals surface area contributed by atoms with E-state index in [1.54, 1.807) is 13.0 Å². The molecule has 0 amide bonds. The molecular weight excluding hydrogens is 382 g/mol. The van der Waals surface area contributed by atoms with E-state index in [1.165, 1.54) is 29.9 Å². The van der Waals surface area contributed by atoms with E-state index in [4.69, 9.17) is 5.73 Å². The van der Waals surface area contributed by atoms with Crippen LogP contribution in [0.3, 0.4) is 0 Å². The Morgan fingerprint density at radius 2 is 1.89 bits per heavy atom. The number of rotatable bonds is 5. The molecule has 0 bridgehead atoms. The van der Waals surface area contributed by atoms with E-state index >= 15 is 0 Å². The highest BCUT2D eigenvalue weighted by atomic mass is 32.2. The summed E-state index contributed by atoms with van der Waals surface area (Å²) in [6.07, 6.45) is 2.58. The molecule has 28 heavy (non-hydrogen) atoms. The maximum absolute atomic E-state index is 12.8. The molecule has 1 aromatic carbocycles. The molecule has 2 aromatic rings. The molecule has 3 N–H and O–H groups in total. The van der Waals surface area contributed by atoms with Crippen molar-refractivity contribution in [2.45, 2.75) is 44.6 Å². The number of fused-ring (bicyclic) bond motifs is 1. The van der Waals surface area contributed by atoms with Crippen molar-refractivity contribution in [2.75, 3.05) is 0 Å². The highest BCUT2D eigenvalue weighted by molar-refractivity contribution is 7.85. The zero-order valence-electron chi connectivity index (χ0n) is 15.8. The number of benzene rings is 1. The molecule has 1 aliphatic rings. The molecule has 0 fully saturated rings. The summed E-state index contributed by atoms with van der Waals surface area (Å²) >= 11 is 0. The van der Waals surface area contributed by atoms with Crippen LogP contribution in [0.4, 0.5) is 0 Å². The maximum atomic E-state index is 12.8. The Labute approximate surface area is 162 Å². The summed E-state index contributed by atoms with van der Waals surface area (Å²) in [5, 5.41) is 4.28. The van der Waals surface area contributed by atoms with Crippen molar-refractivity contribution in [1.82, 2.24) is 9.78 Å². The van der Waals surface area contributed by atoms with E-state index in [2.05, 4.69) is 5.10 Å². The first-order valence-corrected chi connectivity index (χ1v) is 10.2. The van der Waals surface area contributed by atoms with Crippen LogP contribution in [-0.2, 0) is 10.1 Å². The standard InChI is InChI=1S/C19H21N3O5S/c1-4-5-15(13-8-12(28(25,26)27)7-6-10(13)2)22-17-14(9-21-22)19(24)16(20)11(3)18(17)23/h6-9,15H,4-5,20H2,1-3H3,(H,25,26,27). The lowest BCUT2D eigenvalue weighted by molar-refractivity contribution is 0.0966. The van der Waals surface area contributed by atoms with Crippen molar-refractivity contribution in [3.8, 4) is 0 Å². The fourth-order valence-corrected chi connectivity index (χ4v) is 3.94. The number of nitrogens with zero attached hydrogens (tertiary/aromatic N) is 2. The second-order valence-corrected chi connectivity index (χ2v) is 8.27. The van der Waals surface area contributed by atoms with Crippen molar-refractivity contribution < 1.29 is 22.6 Å². The Kier molecular flexibility index (Phi) is 4.99.